The van der Waals surface area contributed by atoms with E-state index in [2.05, 4.69) is 0 Å². The van der Waals surface area contributed by atoms with Gasteiger partial charge in [-0.15, -0.1) is 0 Å². The molecule has 1 aromatic carbocycles. The zero-order chi connectivity index (χ0) is 9.14. The van der Waals surface area contributed by atoms with Gasteiger partial charge in [-0.2, -0.15) is 0 Å². The number of phenols is 1. The van der Waals surface area contributed by atoms with E-state index in [0.717, 1.165) is 0 Å². The lowest BCUT2D eigenvalue weighted by atomic mass is 10.1. The maximum absolute atomic E-state index is 12.7. The van der Waals surface area contributed by atoms with Crippen molar-refractivity contribution in [2.75, 3.05) is 0 Å². The summed E-state index contributed by atoms with van der Waals surface area (Å²) in [5.74, 6) is -0.262. The van der Waals surface area contributed by atoms with Crippen molar-refractivity contribution in [1.82, 2.24) is 0 Å². The predicted octanol–water partition coefficient (Wildman–Crippen LogP) is 2.24. The monoisotopic (exact) mass is 168 g/mol. The molecule has 0 fully saturated rings. The second-order valence-corrected chi connectivity index (χ2v) is 2.52. The molecule has 0 aliphatic carbocycles. The molecule has 0 radical (unpaired) electrons. The van der Waals surface area contributed by atoms with E-state index in [1.807, 2.05) is 0 Å². The quantitative estimate of drug-likeness (QED) is 0.687. The van der Waals surface area contributed by atoms with Crippen LogP contribution in [0.2, 0.25) is 0 Å². The first-order valence-electron chi connectivity index (χ1n) is 3.58. The van der Waals surface area contributed by atoms with Gasteiger partial charge in [-0.05, 0) is 13.0 Å². The van der Waals surface area contributed by atoms with Crippen LogP contribution in [0.15, 0.2) is 18.2 Å². The summed E-state index contributed by atoms with van der Waals surface area (Å²) >= 11 is 0. The summed E-state index contributed by atoms with van der Waals surface area (Å²) < 4.78 is 12.7. The second-order valence-electron chi connectivity index (χ2n) is 2.52. The third-order valence-electron chi connectivity index (χ3n) is 1.65. The minimum atomic E-state index is -1.26. The fourth-order valence-corrected chi connectivity index (χ4v) is 0.996. The minimum absolute atomic E-state index is 0.122. The lowest BCUT2D eigenvalue weighted by Crippen LogP contribution is -1.90. The number of hydrogen-bond donors (Lipinski definition) is 1. The van der Waals surface area contributed by atoms with E-state index in [1.165, 1.54) is 25.1 Å². The van der Waals surface area contributed by atoms with Crippen LogP contribution in [0, 0.1) is 0 Å². The molecule has 1 rings (SSSR count). The van der Waals surface area contributed by atoms with Crippen molar-refractivity contribution < 1.29 is 14.3 Å². The fourth-order valence-electron chi connectivity index (χ4n) is 0.996. The van der Waals surface area contributed by atoms with Crippen LogP contribution in [0.1, 0.15) is 29.0 Å². The number of rotatable bonds is 2. The van der Waals surface area contributed by atoms with Crippen LogP contribution in [0.25, 0.3) is 0 Å². The van der Waals surface area contributed by atoms with Gasteiger partial charge in [-0.25, -0.2) is 4.39 Å². The molecular formula is C9H9FO2. The molecule has 0 spiro atoms. The SMILES string of the molecule is CC(F)c1cccc(C=O)c1O. The first-order valence-corrected chi connectivity index (χ1v) is 3.58. The van der Waals surface area contributed by atoms with Gasteiger partial charge in [0.05, 0.1) is 5.56 Å². The van der Waals surface area contributed by atoms with Gasteiger partial charge < -0.3 is 5.11 Å². The summed E-state index contributed by atoms with van der Waals surface area (Å²) in [4.78, 5) is 10.3. The summed E-state index contributed by atoms with van der Waals surface area (Å²) in [6, 6.07) is 4.43. The largest absolute Gasteiger partial charge is 0.507 e. The minimum Gasteiger partial charge on any atom is -0.507 e. The van der Waals surface area contributed by atoms with Crippen LogP contribution in [-0.2, 0) is 0 Å². The molecule has 1 atom stereocenters. The standard InChI is InChI=1S/C9H9FO2/c1-6(10)8-4-2-3-7(5-11)9(8)12/h2-6,12H,1H3. The van der Waals surface area contributed by atoms with E-state index in [4.69, 9.17) is 0 Å². The Labute approximate surface area is 69.6 Å². The summed E-state index contributed by atoms with van der Waals surface area (Å²) in [5.41, 5.74) is 0.275. The number of alkyl halides is 1. The van der Waals surface area contributed by atoms with Gasteiger partial charge in [0, 0.05) is 5.56 Å². The molecule has 0 aliphatic heterocycles. The average Bonchev–Trinajstić information content (AvgIpc) is 2.04. The molecule has 64 valence electrons. The molecule has 0 heterocycles. The summed E-state index contributed by atoms with van der Waals surface area (Å²) in [6.45, 7) is 1.31. The van der Waals surface area contributed by atoms with Crippen molar-refractivity contribution in [2.24, 2.45) is 0 Å². The van der Waals surface area contributed by atoms with Gasteiger partial charge in [0.25, 0.3) is 0 Å². The molecule has 1 aromatic rings. The Kier molecular flexibility index (Phi) is 2.43. The van der Waals surface area contributed by atoms with E-state index >= 15 is 0 Å². The highest BCUT2D eigenvalue weighted by Gasteiger charge is 2.11. The first kappa shape index (κ1) is 8.71. The fraction of sp³-hybridized carbons (Fsp3) is 0.222. The number of halogens is 1. The third-order valence-corrected chi connectivity index (χ3v) is 1.65. The van der Waals surface area contributed by atoms with Crippen LogP contribution in [0.4, 0.5) is 4.39 Å². The molecule has 0 saturated carbocycles. The van der Waals surface area contributed by atoms with Crippen molar-refractivity contribution in [3.8, 4) is 5.75 Å². The van der Waals surface area contributed by atoms with Gasteiger partial charge in [0.2, 0.25) is 0 Å². The molecule has 1 unspecified atom stereocenters. The van der Waals surface area contributed by atoms with Crippen LogP contribution >= 0.6 is 0 Å². The van der Waals surface area contributed by atoms with Crippen LogP contribution in [-0.4, -0.2) is 11.4 Å². The third kappa shape index (κ3) is 1.44. The van der Waals surface area contributed by atoms with Gasteiger partial charge in [0.1, 0.15) is 11.9 Å². The molecule has 3 heteroatoms. The molecule has 1 N–H and O–H groups in total. The molecule has 0 saturated heterocycles. The number of hydrogen-bond acceptors (Lipinski definition) is 2. The van der Waals surface area contributed by atoms with E-state index in [0.29, 0.717) is 6.29 Å². The van der Waals surface area contributed by atoms with Gasteiger partial charge in [0.15, 0.2) is 6.29 Å². The van der Waals surface area contributed by atoms with E-state index in [1.54, 1.807) is 0 Å². The van der Waals surface area contributed by atoms with Crippen LogP contribution in [0.5, 0.6) is 5.75 Å². The van der Waals surface area contributed by atoms with Gasteiger partial charge in [-0.1, -0.05) is 12.1 Å². The lowest BCUT2D eigenvalue weighted by molar-refractivity contribution is 0.112. The van der Waals surface area contributed by atoms with Gasteiger partial charge in [-0.3, -0.25) is 4.79 Å². The number of para-hydroxylation sites is 1. The van der Waals surface area contributed by atoms with Crippen LogP contribution < -0.4 is 0 Å². The summed E-state index contributed by atoms with van der Waals surface area (Å²) in [5, 5.41) is 9.29. The molecule has 0 amide bonds. The average molecular weight is 168 g/mol. The van der Waals surface area contributed by atoms with Crippen molar-refractivity contribution in [1.29, 1.82) is 0 Å². The first-order chi connectivity index (χ1) is 5.66. The highest BCUT2D eigenvalue weighted by atomic mass is 19.1. The number of phenolic OH excluding ortho intramolecular Hbond substituents is 1. The number of aromatic hydroxyl groups is 1. The zero-order valence-electron chi connectivity index (χ0n) is 6.62. The molecular weight excluding hydrogens is 159 g/mol. The van der Waals surface area contributed by atoms with Gasteiger partial charge >= 0.3 is 0 Å². The highest BCUT2D eigenvalue weighted by molar-refractivity contribution is 5.79. The summed E-state index contributed by atoms with van der Waals surface area (Å²) in [6.07, 6.45) is -0.758. The Morgan fingerprint density at radius 2 is 2.25 bits per heavy atom. The predicted molar refractivity (Wildman–Crippen MR) is 43.0 cm³/mol. The summed E-state index contributed by atoms with van der Waals surface area (Å²) in [7, 11) is 0. The second kappa shape index (κ2) is 3.34. The van der Waals surface area contributed by atoms with E-state index < -0.39 is 6.17 Å². The number of benzene rings is 1. The Hall–Kier alpha value is -1.38. The Bertz CT molecular complexity index is 295. The molecule has 0 aromatic heterocycles. The normalized spacial score (nSPS) is 12.5. The number of carbonyl (C=O) groups is 1. The van der Waals surface area contributed by atoms with E-state index in [9.17, 15) is 14.3 Å². The maximum Gasteiger partial charge on any atom is 0.153 e. The highest BCUT2D eigenvalue weighted by Crippen LogP contribution is 2.28. The van der Waals surface area contributed by atoms with E-state index in [-0.39, 0.29) is 16.9 Å². The topological polar surface area (TPSA) is 37.3 Å². The smallest absolute Gasteiger partial charge is 0.153 e. The van der Waals surface area contributed by atoms with Crippen LogP contribution in [0.3, 0.4) is 0 Å². The Balaban J connectivity index is 3.22. The Morgan fingerprint density at radius 1 is 1.58 bits per heavy atom. The maximum atomic E-state index is 12.7. The zero-order valence-corrected chi connectivity index (χ0v) is 6.62. The number of carbonyl (C=O) groups excluding carboxylic acids is 1. The molecule has 2 nitrogen and oxygen atoms in total. The van der Waals surface area contributed by atoms with Crippen molar-refractivity contribution in [2.45, 2.75) is 13.1 Å². The van der Waals surface area contributed by atoms with Crippen molar-refractivity contribution in [3.63, 3.8) is 0 Å². The Morgan fingerprint density at radius 3 is 2.75 bits per heavy atom. The lowest BCUT2D eigenvalue weighted by Gasteiger charge is -2.05. The van der Waals surface area contributed by atoms with Crippen molar-refractivity contribution >= 4 is 6.29 Å². The molecule has 12 heavy (non-hydrogen) atoms. The molecule has 0 bridgehead atoms. The number of aldehydes is 1. The van der Waals surface area contributed by atoms with Crippen molar-refractivity contribution in [3.05, 3.63) is 29.3 Å². The molecule has 0 aliphatic rings.